The molecule has 0 bridgehead atoms. The fraction of sp³-hybridized carbons (Fsp3) is 0.333. The SMILES string of the molecule is CN1CCc2nc(NC(=O)c3cccc(C(F)(F)F)c3)sc2C1.Cl. The van der Waals surface area contributed by atoms with Gasteiger partial charge in [0, 0.05) is 30.0 Å². The van der Waals surface area contributed by atoms with E-state index >= 15 is 0 Å². The van der Waals surface area contributed by atoms with Crippen LogP contribution in [0.15, 0.2) is 24.3 Å². The highest BCUT2D eigenvalue weighted by Gasteiger charge is 2.31. The molecule has 1 aliphatic rings. The van der Waals surface area contributed by atoms with E-state index in [0.717, 1.165) is 42.2 Å². The molecule has 1 amide bonds. The monoisotopic (exact) mass is 377 g/mol. The summed E-state index contributed by atoms with van der Waals surface area (Å²) in [4.78, 5) is 19.7. The van der Waals surface area contributed by atoms with Crippen LogP contribution in [-0.4, -0.2) is 29.4 Å². The predicted octanol–water partition coefficient (Wildman–Crippen LogP) is 3.82. The van der Waals surface area contributed by atoms with Crippen LogP contribution in [0.25, 0.3) is 0 Å². The normalized spacial score (nSPS) is 14.7. The topological polar surface area (TPSA) is 45.2 Å². The molecule has 1 N–H and O–H groups in total. The standard InChI is InChI=1S/C15H14F3N3OS.ClH/c1-21-6-5-11-12(8-21)23-14(19-11)20-13(22)9-3-2-4-10(7-9)15(16,17)18;/h2-4,7H,5-6,8H2,1H3,(H,19,20,22);1H. The molecule has 0 saturated carbocycles. The van der Waals surface area contributed by atoms with Crippen molar-refractivity contribution in [2.24, 2.45) is 0 Å². The number of hydrogen-bond acceptors (Lipinski definition) is 4. The second kappa shape index (κ2) is 7.08. The van der Waals surface area contributed by atoms with Crippen LogP contribution in [0.3, 0.4) is 0 Å². The molecule has 4 nitrogen and oxygen atoms in total. The van der Waals surface area contributed by atoms with Gasteiger partial charge in [-0.15, -0.1) is 23.7 Å². The molecule has 130 valence electrons. The summed E-state index contributed by atoms with van der Waals surface area (Å²) in [6, 6.07) is 4.36. The van der Waals surface area contributed by atoms with Gasteiger partial charge in [0.1, 0.15) is 0 Å². The van der Waals surface area contributed by atoms with Crippen molar-refractivity contribution in [2.45, 2.75) is 19.1 Å². The lowest BCUT2D eigenvalue weighted by Crippen LogP contribution is -2.25. The minimum atomic E-state index is -4.47. The third-order valence-corrected chi connectivity index (χ3v) is 4.59. The number of halogens is 4. The zero-order valence-corrected chi connectivity index (χ0v) is 14.3. The molecule has 0 radical (unpaired) electrons. The maximum Gasteiger partial charge on any atom is 0.416 e. The Labute approximate surface area is 147 Å². The van der Waals surface area contributed by atoms with Crippen LogP contribution in [0, 0.1) is 0 Å². The van der Waals surface area contributed by atoms with Gasteiger partial charge in [0.05, 0.1) is 11.3 Å². The average molecular weight is 378 g/mol. The van der Waals surface area contributed by atoms with Gasteiger partial charge in [-0.2, -0.15) is 13.2 Å². The van der Waals surface area contributed by atoms with Crippen LogP contribution in [-0.2, 0) is 19.1 Å². The quantitative estimate of drug-likeness (QED) is 0.865. The average Bonchev–Trinajstić information content (AvgIpc) is 2.87. The van der Waals surface area contributed by atoms with E-state index in [-0.39, 0.29) is 18.0 Å². The van der Waals surface area contributed by atoms with E-state index in [4.69, 9.17) is 0 Å². The van der Waals surface area contributed by atoms with E-state index in [0.29, 0.717) is 5.13 Å². The summed E-state index contributed by atoms with van der Waals surface area (Å²) in [7, 11) is 2.00. The molecule has 0 aliphatic carbocycles. The molecule has 0 atom stereocenters. The molecule has 9 heteroatoms. The number of nitrogens with zero attached hydrogens (tertiary/aromatic N) is 2. The third-order valence-electron chi connectivity index (χ3n) is 3.59. The van der Waals surface area contributed by atoms with Crippen molar-refractivity contribution in [1.82, 2.24) is 9.88 Å². The zero-order chi connectivity index (χ0) is 16.6. The molecule has 24 heavy (non-hydrogen) atoms. The second-order valence-electron chi connectivity index (χ2n) is 5.41. The highest BCUT2D eigenvalue weighted by molar-refractivity contribution is 7.15. The Morgan fingerprint density at radius 1 is 1.38 bits per heavy atom. The van der Waals surface area contributed by atoms with Crippen molar-refractivity contribution < 1.29 is 18.0 Å². The number of alkyl halides is 3. The van der Waals surface area contributed by atoms with E-state index in [2.05, 4.69) is 15.2 Å². The number of thiazole rings is 1. The molecular formula is C15H15ClF3N3OS. The smallest absolute Gasteiger partial charge is 0.301 e. The van der Waals surface area contributed by atoms with Gasteiger partial charge < -0.3 is 4.90 Å². The Balaban J connectivity index is 0.00000208. The number of likely N-dealkylation sites (N-methyl/N-ethyl adjacent to an activating group) is 1. The van der Waals surface area contributed by atoms with Crippen molar-refractivity contribution in [3.05, 3.63) is 46.0 Å². The lowest BCUT2D eigenvalue weighted by atomic mass is 10.1. The highest BCUT2D eigenvalue weighted by Crippen LogP contribution is 2.30. The van der Waals surface area contributed by atoms with Gasteiger partial charge in [-0.25, -0.2) is 4.98 Å². The summed E-state index contributed by atoms with van der Waals surface area (Å²) in [6.07, 6.45) is -3.66. The number of anilines is 1. The lowest BCUT2D eigenvalue weighted by Gasteiger charge is -2.20. The fourth-order valence-corrected chi connectivity index (χ4v) is 3.47. The largest absolute Gasteiger partial charge is 0.416 e. The van der Waals surface area contributed by atoms with Crippen molar-refractivity contribution in [2.75, 3.05) is 18.9 Å². The number of carbonyl (C=O) groups excluding carboxylic acids is 1. The third kappa shape index (κ3) is 4.06. The lowest BCUT2D eigenvalue weighted by molar-refractivity contribution is -0.137. The minimum absolute atomic E-state index is 0. The summed E-state index contributed by atoms with van der Waals surface area (Å²) in [6.45, 7) is 1.67. The number of rotatable bonds is 2. The molecule has 0 fully saturated rings. The number of benzene rings is 1. The van der Waals surface area contributed by atoms with E-state index in [1.165, 1.54) is 23.5 Å². The first-order valence-electron chi connectivity index (χ1n) is 6.98. The van der Waals surface area contributed by atoms with Crippen molar-refractivity contribution >= 4 is 34.8 Å². The number of hydrogen-bond donors (Lipinski definition) is 1. The molecule has 1 aromatic carbocycles. The van der Waals surface area contributed by atoms with Gasteiger partial charge in [0.25, 0.3) is 5.91 Å². The predicted molar refractivity (Wildman–Crippen MR) is 88.8 cm³/mol. The summed E-state index contributed by atoms with van der Waals surface area (Å²) >= 11 is 1.36. The fourth-order valence-electron chi connectivity index (χ4n) is 2.38. The van der Waals surface area contributed by atoms with E-state index in [9.17, 15) is 18.0 Å². The first-order valence-corrected chi connectivity index (χ1v) is 7.80. The van der Waals surface area contributed by atoms with E-state index in [1.54, 1.807) is 0 Å². The maximum absolute atomic E-state index is 12.7. The van der Waals surface area contributed by atoms with Gasteiger partial charge in [-0.1, -0.05) is 6.07 Å². The van der Waals surface area contributed by atoms with Gasteiger partial charge >= 0.3 is 6.18 Å². The summed E-state index contributed by atoms with van der Waals surface area (Å²) < 4.78 is 38.1. The van der Waals surface area contributed by atoms with Gasteiger partial charge in [-0.05, 0) is 25.2 Å². The van der Waals surface area contributed by atoms with Gasteiger partial charge in [0.15, 0.2) is 5.13 Å². The number of amides is 1. The molecule has 0 saturated heterocycles. The van der Waals surface area contributed by atoms with Crippen molar-refractivity contribution in [1.29, 1.82) is 0 Å². The Hall–Kier alpha value is -1.64. The van der Waals surface area contributed by atoms with Crippen LogP contribution in [0.5, 0.6) is 0 Å². The minimum Gasteiger partial charge on any atom is -0.301 e. The van der Waals surface area contributed by atoms with Gasteiger partial charge in [-0.3, -0.25) is 10.1 Å². The first-order chi connectivity index (χ1) is 10.8. The number of aromatic nitrogens is 1. The molecule has 2 aromatic rings. The molecule has 0 unspecified atom stereocenters. The van der Waals surface area contributed by atoms with Crippen LogP contribution >= 0.6 is 23.7 Å². The molecule has 1 aromatic heterocycles. The highest BCUT2D eigenvalue weighted by atomic mass is 35.5. The maximum atomic E-state index is 12.7. The summed E-state index contributed by atoms with van der Waals surface area (Å²) in [5.41, 5.74) is 0.0720. The molecule has 3 rings (SSSR count). The number of carbonyl (C=O) groups is 1. The molecular weight excluding hydrogens is 363 g/mol. The van der Waals surface area contributed by atoms with Crippen LogP contribution in [0.2, 0.25) is 0 Å². The molecule has 1 aliphatic heterocycles. The number of fused-ring (bicyclic) bond motifs is 1. The van der Waals surface area contributed by atoms with Gasteiger partial charge in [0.2, 0.25) is 0 Å². The van der Waals surface area contributed by atoms with Crippen molar-refractivity contribution in [3.8, 4) is 0 Å². The van der Waals surface area contributed by atoms with Crippen molar-refractivity contribution in [3.63, 3.8) is 0 Å². The first kappa shape index (κ1) is 18.7. The van der Waals surface area contributed by atoms with E-state index < -0.39 is 17.6 Å². The second-order valence-corrected chi connectivity index (χ2v) is 6.49. The van der Waals surface area contributed by atoms with E-state index in [1.807, 2.05) is 7.05 Å². The summed E-state index contributed by atoms with van der Waals surface area (Å²) in [5, 5.41) is 3.02. The Morgan fingerprint density at radius 2 is 2.12 bits per heavy atom. The Bertz CT molecular complexity index is 748. The number of nitrogens with one attached hydrogen (secondary N) is 1. The molecule has 0 spiro atoms. The zero-order valence-electron chi connectivity index (χ0n) is 12.7. The summed E-state index contributed by atoms with van der Waals surface area (Å²) in [5.74, 6) is -0.587. The van der Waals surface area contributed by atoms with Crippen LogP contribution in [0.4, 0.5) is 18.3 Å². The Morgan fingerprint density at radius 3 is 2.83 bits per heavy atom. The molecule has 2 heterocycles. The van der Waals surface area contributed by atoms with Crippen LogP contribution in [0.1, 0.15) is 26.5 Å². The Kier molecular flexibility index (Phi) is 5.52. The van der Waals surface area contributed by atoms with Crippen LogP contribution < -0.4 is 5.32 Å².